The Hall–Kier alpha value is -2.44. The van der Waals surface area contributed by atoms with E-state index in [1.54, 1.807) is 0 Å². The summed E-state index contributed by atoms with van der Waals surface area (Å²) >= 11 is 0. The van der Waals surface area contributed by atoms with E-state index in [9.17, 15) is 0 Å². The van der Waals surface area contributed by atoms with Crippen LogP contribution in [0.4, 0.5) is 5.95 Å². The molecule has 0 unspecified atom stereocenters. The molecule has 3 heterocycles. The molecule has 1 aromatic carbocycles. The molecule has 1 fully saturated rings. The third-order valence-electron chi connectivity index (χ3n) is 5.61. The Morgan fingerprint density at radius 2 is 1.75 bits per heavy atom. The standard InChI is InChI=1S/C22H28N4O2/c1-15-11-20-17(3)23-22(24-21(20)12-16(15)2)26-8-4-7-25(9-10-26)13-18-5-6-19(14-27)28-18/h5-6,11-12,27H,4,7-10,13-14H2,1-3H3. The summed E-state index contributed by atoms with van der Waals surface area (Å²) in [6, 6.07) is 8.16. The molecule has 2 aromatic heterocycles. The summed E-state index contributed by atoms with van der Waals surface area (Å²) in [5.41, 5.74) is 4.61. The maximum absolute atomic E-state index is 9.16. The summed E-state index contributed by atoms with van der Waals surface area (Å²) < 4.78 is 5.64. The Balaban J connectivity index is 1.50. The van der Waals surface area contributed by atoms with Gasteiger partial charge in [0.15, 0.2) is 0 Å². The first kappa shape index (κ1) is 18.9. The average Bonchev–Trinajstić information content (AvgIpc) is 3.00. The van der Waals surface area contributed by atoms with Crippen molar-refractivity contribution in [1.82, 2.24) is 14.9 Å². The smallest absolute Gasteiger partial charge is 0.226 e. The molecule has 3 aromatic rings. The molecule has 0 aliphatic carbocycles. The minimum Gasteiger partial charge on any atom is -0.462 e. The SMILES string of the molecule is Cc1cc2nc(N3CCCN(Cc4ccc(CO)o4)CC3)nc(C)c2cc1C. The second-order valence-electron chi connectivity index (χ2n) is 7.71. The van der Waals surface area contributed by atoms with Crippen LogP contribution in [-0.4, -0.2) is 46.2 Å². The molecule has 0 saturated carbocycles. The van der Waals surface area contributed by atoms with Gasteiger partial charge in [-0.05, 0) is 62.6 Å². The largest absolute Gasteiger partial charge is 0.462 e. The number of aryl methyl sites for hydroxylation is 3. The first-order valence-corrected chi connectivity index (χ1v) is 9.95. The third kappa shape index (κ3) is 3.88. The van der Waals surface area contributed by atoms with Crippen molar-refractivity contribution in [2.24, 2.45) is 0 Å². The van der Waals surface area contributed by atoms with E-state index < -0.39 is 0 Å². The lowest BCUT2D eigenvalue weighted by molar-refractivity contribution is 0.224. The summed E-state index contributed by atoms with van der Waals surface area (Å²) in [6.07, 6.45) is 1.06. The number of benzene rings is 1. The summed E-state index contributed by atoms with van der Waals surface area (Å²) in [7, 11) is 0. The summed E-state index contributed by atoms with van der Waals surface area (Å²) in [5.74, 6) is 2.36. The van der Waals surface area contributed by atoms with Crippen molar-refractivity contribution in [2.45, 2.75) is 40.3 Å². The normalized spacial score (nSPS) is 15.9. The van der Waals surface area contributed by atoms with Gasteiger partial charge in [0.05, 0.1) is 17.8 Å². The van der Waals surface area contributed by atoms with E-state index in [0.717, 1.165) is 67.5 Å². The molecule has 6 nitrogen and oxygen atoms in total. The van der Waals surface area contributed by atoms with E-state index in [1.165, 1.54) is 11.1 Å². The van der Waals surface area contributed by atoms with E-state index in [1.807, 2.05) is 12.1 Å². The Labute approximate surface area is 165 Å². The van der Waals surface area contributed by atoms with Gasteiger partial charge in [-0.3, -0.25) is 4.90 Å². The van der Waals surface area contributed by atoms with Gasteiger partial charge < -0.3 is 14.4 Å². The predicted molar refractivity (Wildman–Crippen MR) is 110 cm³/mol. The molecule has 0 bridgehead atoms. The highest BCUT2D eigenvalue weighted by atomic mass is 16.4. The monoisotopic (exact) mass is 380 g/mol. The van der Waals surface area contributed by atoms with Crippen LogP contribution in [0.3, 0.4) is 0 Å². The van der Waals surface area contributed by atoms with Crippen LogP contribution in [0.2, 0.25) is 0 Å². The van der Waals surface area contributed by atoms with E-state index in [-0.39, 0.29) is 6.61 Å². The lowest BCUT2D eigenvalue weighted by Crippen LogP contribution is -2.31. The molecule has 0 amide bonds. The van der Waals surface area contributed by atoms with Crippen molar-refractivity contribution in [3.05, 3.63) is 52.6 Å². The maximum atomic E-state index is 9.16. The van der Waals surface area contributed by atoms with Crippen LogP contribution in [-0.2, 0) is 13.2 Å². The van der Waals surface area contributed by atoms with Crippen molar-refractivity contribution in [2.75, 3.05) is 31.1 Å². The number of aliphatic hydroxyl groups is 1. The van der Waals surface area contributed by atoms with Gasteiger partial charge in [0.1, 0.15) is 18.1 Å². The van der Waals surface area contributed by atoms with E-state index in [0.29, 0.717) is 5.76 Å². The molecule has 28 heavy (non-hydrogen) atoms. The van der Waals surface area contributed by atoms with Gasteiger partial charge in [-0.15, -0.1) is 0 Å². The van der Waals surface area contributed by atoms with Gasteiger partial charge in [-0.1, -0.05) is 0 Å². The zero-order valence-corrected chi connectivity index (χ0v) is 16.9. The zero-order valence-electron chi connectivity index (χ0n) is 16.9. The van der Waals surface area contributed by atoms with Crippen molar-refractivity contribution >= 4 is 16.9 Å². The van der Waals surface area contributed by atoms with Crippen molar-refractivity contribution in [1.29, 1.82) is 0 Å². The van der Waals surface area contributed by atoms with Gasteiger partial charge in [0.2, 0.25) is 5.95 Å². The van der Waals surface area contributed by atoms with Gasteiger partial charge in [-0.25, -0.2) is 9.97 Å². The molecule has 0 atom stereocenters. The van der Waals surface area contributed by atoms with Gasteiger partial charge in [-0.2, -0.15) is 0 Å². The third-order valence-corrected chi connectivity index (χ3v) is 5.61. The molecule has 1 saturated heterocycles. The quantitative estimate of drug-likeness (QED) is 0.749. The topological polar surface area (TPSA) is 65.6 Å². The van der Waals surface area contributed by atoms with Crippen molar-refractivity contribution in [3.8, 4) is 0 Å². The molecular formula is C22H28N4O2. The van der Waals surface area contributed by atoms with Crippen LogP contribution in [0.25, 0.3) is 10.9 Å². The lowest BCUT2D eigenvalue weighted by atomic mass is 10.1. The number of aromatic nitrogens is 2. The molecule has 1 aliphatic heterocycles. The maximum Gasteiger partial charge on any atom is 0.226 e. The number of hydrogen-bond donors (Lipinski definition) is 1. The minimum atomic E-state index is -0.0502. The van der Waals surface area contributed by atoms with Crippen LogP contribution in [0.5, 0.6) is 0 Å². The molecular weight excluding hydrogens is 352 g/mol. The molecule has 0 spiro atoms. The molecule has 6 heteroatoms. The van der Waals surface area contributed by atoms with Crippen molar-refractivity contribution < 1.29 is 9.52 Å². The number of rotatable bonds is 4. The molecule has 1 aliphatic rings. The van der Waals surface area contributed by atoms with Gasteiger partial charge in [0.25, 0.3) is 0 Å². The Morgan fingerprint density at radius 3 is 2.54 bits per heavy atom. The second kappa shape index (κ2) is 7.89. The number of aliphatic hydroxyl groups excluding tert-OH is 1. The fourth-order valence-electron chi connectivity index (χ4n) is 3.81. The first-order valence-electron chi connectivity index (χ1n) is 9.95. The highest BCUT2D eigenvalue weighted by Gasteiger charge is 2.19. The Kier molecular flexibility index (Phi) is 5.33. The zero-order chi connectivity index (χ0) is 19.7. The fourth-order valence-corrected chi connectivity index (χ4v) is 3.81. The van der Waals surface area contributed by atoms with Crippen molar-refractivity contribution in [3.63, 3.8) is 0 Å². The highest BCUT2D eigenvalue weighted by molar-refractivity contribution is 5.83. The van der Waals surface area contributed by atoms with Crippen LogP contribution in [0.15, 0.2) is 28.7 Å². The van der Waals surface area contributed by atoms with Crippen LogP contribution < -0.4 is 4.90 Å². The summed E-state index contributed by atoms with van der Waals surface area (Å²) in [5, 5.41) is 10.3. The van der Waals surface area contributed by atoms with E-state index in [4.69, 9.17) is 19.5 Å². The molecule has 1 N–H and O–H groups in total. The fraction of sp³-hybridized carbons (Fsp3) is 0.455. The van der Waals surface area contributed by atoms with Gasteiger partial charge >= 0.3 is 0 Å². The number of hydrogen-bond acceptors (Lipinski definition) is 6. The van der Waals surface area contributed by atoms with Crippen LogP contribution >= 0.6 is 0 Å². The first-order chi connectivity index (χ1) is 13.5. The Bertz CT molecular complexity index is 982. The summed E-state index contributed by atoms with van der Waals surface area (Å²) in [4.78, 5) is 14.4. The van der Waals surface area contributed by atoms with E-state index in [2.05, 4.69) is 42.7 Å². The number of fused-ring (bicyclic) bond motifs is 1. The second-order valence-corrected chi connectivity index (χ2v) is 7.71. The van der Waals surface area contributed by atoms with Crippen LogP contribution in [0.1, 0.15) is 34.8 Å². The predicted octanol–water partition coefficient (Wildman–Crippen LogP) is 3.35. The molecule has 0 radical (unpaired) electrons. The lowest BCUT2D eigenvalue weighted by Gasteiger charge is -2.22. The molecule has 4 rings (SSSR count). The highest BCUT2D eigenvalue weighted by Crippen LogP contribution is 2.23. The number of furan rings is 1. The van der Waals surface area contributed by atoms with Crippen LogP contribution in [0, 0.1) is 20.8 Å². The van der Waals surface area contributed by atoms with E-state index >= 15 is 0 Å². The number of nitrogens with zero attached hydrogens (tertiary/aromatic N) is 4. The average molecular weight is 380 g/mol. The summed E-state index contributed by atoms with van der Waals surface area (Å²) in [6.45, 7) is 10.8. The van der Waals surface area contributed by atoms with Gasteiger partial charge in [0, 0.05) is 31.6 Å². The number of anilines is 1. The Morgan fingerprint density at radius 1 is 0.964 bits per heavy atom. The minimum absolute atomic E-state index is 0.0502. The molecule has 148 valence electrons.